The van der Waals surface area contributed by atoms with Gasteiger partial charge >= 0.3 is 0 Å². The molecular formula is C19H21N3O3. The Bertz CT molecular complexity index is 909. The summed E-state index contributed by atoms with van der Waals surface area (Å²) in [6, 6.07) is 9.27. The van der Waals surface area contributed by atoms with E-state index in [4.69, 9.17) is 15.2 Å². The van der Waals surface area contributed by atoms with Gasteiger partial charge in [-0.1, -0.05) is 26.0 Å². The van der Waals surface area contributed by atoms with Crippen LogP contribution in [0.25, 0.3) is 5.69 Å². The zero-order valence-electron chi connectivity index (χ0n) is 14.6. The van der Waals surface area contributed by atoms with Crippen molar-refractivity contribution in [2.24, 2.45) is 5.92 Å². The normalized spacial score (nSPS) is 16.4. The van der Waals surface area contributed by atoms with Crippen LogP contribution in [-0.4, -0.2) is 17.8 Å². The summed E-state index contributed by atoms with van der Waals surface area (Å²) in [5.41, 5.74) is 8.03. The average Bonchev–Trinajstić information content (AvgIpc) is 2.62. The number of methoxy groups -OCH3 is 1. The van der Waals surface area contributed by atoms with Gasteiger partial charge in [0.25, 0.3) is 5.56 Å². The minimum absolute atomic E-state index is 0.0273. The summed E-state index contributed by atoms with van der Waals surface area (Å²) in [5, 5.41) is 9.67. The summed E-state index contributed by atoms with van der Waals surface area (Å²) in [7, 11) is 1.53. The molecule has 1 aromatic carbocycles. The van der Waals surface area contributed by atoms with E-state index in [0.29, 0.717) is 34.5 Å². The second-order valence-corrected chi connectivity index (χ2v) is 6.44. The summed E-state index contributed by atoms with van der Waals surface area (Å²) in [4.78, 5) is 13.1. The predicted molar refractivity (Wildman–Crippen MR) is 94.8 cm³/mol. The van der Waals surface area contributed by atoms with Crippen molar-refractivity contribution in [3.63, 3.8) is 0 Å². The molecule has 25 heavy (non-hydrogen) atoms. The van der Waals surface area contributed by atoms with Crippen LogP contribution >= 0.6 is 0 Å². The lowest BCUT2D eigenvalue weighted by molar-refractivity contribution is -0.00118. The van der Waals surface area contributed by atoms with Crippen LogP contribution in [0.1, 0.15) is 30.5 Å². The minimum atomic E-state index is -0.266. The number of hydrogen-bond acceptors (Lipinski definition) is 5. The van der Waals surface area contributed by atoms with Crippen molar-refractivity contribution in [2.75, 3.05) is 12.8 Å². The van der Waals surface area contributed by atoms with E-state index in [1.165, 1.54) is 11.7 Å². The lowest BCUT2D eigenvalue weighted by Gasteiger charge is -2.29. The number of pyridine rings is 1. The number of rotatable bonds is 3. The van der Waals surface area contributed by atoms with Gasteiger partial charge in [-0.15, -0.1) is 0 Å². The third-order valence-corrected chi connectivity index (χ3v) is 4.65. The molecule has 1 aliphatic rings. The minimum Gasteiger partial charge on any atom is -0.495 e. The second-order valence-electron chi connectivity index (χ2n) is 6.44. The molecule has 0 spiro atoms. The zero-order valence-corrected chi connectivity index (χ0v) is 14.6. The Morgan fingerprint density at radius 3 is 2.72 bits per heavy atom. The van der Waals surface area contributed by atoms with Crippen LogP contribution in [-0.2, 0) is 17.8 Å². The van der Waals surface area contributed by atoms with Crippen LogP contribution in [0, 0.1) is 17.2 Å². The number of anilines is 1. The maximum atomic E-state index is 13.1. The quantitative estimate of drug-likeness (QED) is 0.927. The SMILES string of the molecule is COc1ccccc1-n1c(N)c(C#N)c2c(c1=O)CO[C@H](C(C)C)C2. The second kappa shape index (κ2) is 6.61. The highest BCUT2D eigenvalue weighted by Crippen LogP contribution is 2.31. The highest BCUT2D eigenvalue weighted by molar-refractivity contribution is 5.62. The van der Waals surface area contributed by atoms with Crippen LogP contribution < -0.4 is 16.0 Å². The van der Waals surface area contributed by atoms with E-state index < -0.39 is 0 Å². The molecule has 1 atom stereocenters. The monoisotopic (exact) mass is 339 g/mol. The molecule has 1 aliphatic heterocycles. The molecule has 2 heterocycles. The van der Waals surface area contributed by atoms with E-state index in [1.807, 2.05) is 6.07 Å². The van der Waals surface area contributed by atoms with Crippen LogP contribution in [0.3, 0.4) is 0 Å². The van der Waals surface area contributed by atoms with Gasteiger partial charge in [0.1, 0.15) is 17.6 Å². The number of aromatic nitrogens is 1. The number of nitrogens with zero attached hydrogens (tertiary/aromatic N) is 2. The Morgan fingerprint density at radius 1 is 1.36 bits per heavy atom. The van der Waals surface area contributed by atoms with Crippen LogP contribution in [0.2, 0.25) is 0 Å². The standard InChI is InChI=1S/C19H21N3O3/c1-11(2)17-8-12-13(9-20)18(21)22(19(23)14(12)10-25-17)15-6-4-5-7-16(15)24-3/h4-7,11,17H,8,10,21H2,1-3H3/t17-/m0/s1. The Labute approximate surface area is 146 Å². The van der Waals surface area contributed by atoms with Gasteiger partial charge in [0.15, 0.2) is 0 Å². The molecule has 1 aromatic heterocycles. The van der Waals surface area contributed by atoms with Crippen molar-refractivity contribution in [3.8, 4) is 17.5 Å². The number of nitrogen functional groups attached to an aromatic ring is 1. The van der Waals surface area contributed by atoms with Crippen LogP contribution in [0.4, 0.5) is 5.82 Å². The molecular weight excluding hydrogens is 318 g/mol. The maximum Gasteiger partial charge on any atom is 0.262 e. The molecule has 0 radical (unpaired) electrons. The van der Waals surface area contributed by atoms with Gasteiger partial charge in [0.05, 0.1) is 31.1 Å². The molecule has 0 unspecified atom stereocenters. The van der Waals surface area contributed by atoms with Crippen molar-refractivity contribution in [1.29, 1.82) is 5.26 Å². The highest BCUT2D eigenvalue weighted by Gasteiger charge is 2.30. The summed E-state index contributed by atoms with van der Waals surface area (Å²) in [6.07, 6.45) is 0.489. The van der Waals surface area contributed by atoms with Crippen LogP contribution in [0.15, 0.2) is 29.1 Å². The van der Waals surface area contributed by atoms with Gasteiger partial charge in [0, 0.05) is 12.0 Å². The fourth-order valence-electron chi connectivity index (χ4n) is 3.22. The fourth-order valence-corrected chi connectivity index (χ4v) is 3.22. The van der Waals surface area contributed by atoms with Gasteiger partial charge in [-0.2, -0.15) is 5.26 Å². The molecule has 0 fully saturated rings. The van der Waals surface area contributed by atoms with E-state index in [0.717, 1.165) is 0 Å². The molecule has 2 aromatic rings. The summed E-state index contributed by atoms with van der Waals surface area (Å²) in [6.45, 7) is 4.30. The van der Waals surface area contributed by atoms with Gasteiger partial charge in [-0.25, -0.2) is 0 Å². The Morgan fingerprint density at radius 2 is 2.08 bits per heavy atom. The molecule has 0 bridgehead atoms. The Balaban J connectivity index is 2.28. The van der Waals surface area contributed by atoms with E-state index in [9.17, 15) is 10.1 Å². The zero-order chi connectivity index (χ0) is 18.1. The first-order chi connectivity index (χ1) is 12.0. The molecule has 0 aliphatic carbocycles. The Kier molecular flexibility index (Phi) is 4.51. The third kappa shape index (κ3) is 2.77. The first-order valence-electron chi connectivity index (χ1n) is 8.20. The lowest BCUT2D eigenvalue weighted by Crippen LogP contribution is -2.36. The molecule has 0 saturated carbocycles. The molecule has 0 amide bonds. The van der Waals surface area contributed by atoms with Crippen molar-refractivity contribution < 1.29 is 9.47 Å². The van der Waals surface area contributed by atoms with Crippen molar-refractivity contribution >= 4 is 5.82 Å². The summed E-state index contributed by atoms with van der Waals surface area (Å²) >= 11 is 0. The molecule has 0 saturated heterocycles. The smallest absolute Gasteiger partial charge is 0.262 e. The number of hydrogen-bond donors (Lipinski definition) is 1. The summed E-state index contributed by atoms with van der Waals surface area (Å²) < 4.78 is 12.5. The molecule has 6 nitrogen and oxygen atoms in total. The molecule has 6 heteroatoms. The number of benzene rings is 1. The predicted octanol–water partition coefficient (Wildman–Crippen LogP) is 2.40. The van der Waals surface area contributed by atoms with Gasteiger partial charge < -0.3 is 15.2 Å². The third-order valence-electron chi connectivity index (χ3n) is 4.65. The first kappa shape index (κ1) is 17.1. The molecule has 3 rings (SSSR count). The topological polar surface area (TPSA) is 90.3 Å². The number of nitriles is 1. The van der Waals surface area contributed by atoms with E-state index in [-0.39, 0.29) is 30.0 Å². The number of ether oxygens (including phenoxy) is 2. The summed E-state index contributed by atoms with van der Waals surface area (Å²) in [5.74, 6) is 0.939. The van der Waals surface area contributed by atoms with Crippen molar-refractivity contribution in [1.82, 2.24) is 4.57 Å². The first-order valence-corrected chi connectivity index (χ1v) is 8.20. The Hall–Kier alpha value is -2.78. The number of nitrogens with two attached hydrogens (primary N) is 1. The van der Waals surface area contributed by atoms with E-state index in [2.05, 4.69) is 19.9 Å². The number of fused-ring (bicyclic) bond motifs is 1. The van der Waals surface area contributed by atoms with Gasteiger partial charge in [-0.05, 0) is 23.6 Å². The van der Waals surface area contributed by atoms with E-state index in [1.54, 1.807) is 18.2 Å². The van der Waals surface area contributed by atoms with Crippen molar-refractivity contribution in [3.05, 3.63) is 51.3 Å². The van der Waals surface area contributed by atoms with Gasteiger partial charge in [0.2, 0.25) is 0 Å². The lowest BCUT2D eigenvalue weighted by atomic mass is 9.91. The molecule has 2 N–H and O–H groups in total. The maximum absolute atomic E-state index is 13.1. The average molecular weight is 339 g/mol. The van der Waals surface area contributed by atoms with Gasteiger partial charge in [-0.3, -0.25) is 9.36 Å². The van der Waals surface area contributed by atoms with E-state index >= 15 is 0 Å². The highest BCUT2D eigenvalue weighted by atomic mass is 16.5. The largest absolute Gasteiger partial charge is 0.495 e. The van der Waals surface area contributed by atoms with Crippen LogP contribution in [0.5, 0.6) is 5.75 Å². The molecule has 130 valence electrons. The van der Waals surface area contributed by atoms with Crippen molar-refractivity contribution in [2.45, 2.75) is 33.0 Å². The number of para-hydroxylation sites is 2. The fraction of sp³-hybridized carbons (Fsp3) is 0.368.